The number of ether oxygens (including phenoxy) is 1. The lowest BCUT2D eigenvalue weighted by molar-refractivity contribution is 0.00294. The Labute approximate surface area is 133 Å². The molecule has 0 unspecified atom stereocenters. The number of aromatic hydroxyl groups is 2. The van der Waals surface area contributed by atoms with Gasteiger partial charge in [0.05, 0.1) is 5.02 Å². The maximum absolute atomic E-state index is 12.3. The first-order valence-corrected chi connectivity index (χ1v) is 7.26. The molecular formula is C16H17ClO5. The molecule has 22 heavy (non-hydrogen) atoms. The summed E-state index contributed by atoms with van der Waals surface area (Å²) in [7, 11) is 0. The molecule has 6 heteroatoms. The van der Waals surface area contributed by atoms with Crippen LogP contribution in [-0.4, -0.2) is 33.5 Å². The highest BCUT2D eigenvalue weighted by atomic mass is 35.5. The Hall–Kier alpha value is -1.98. The second kappa shape index (κ2) is 6.85. The minimum atomic E-state index is -0.939. The lowest BCUT2D eigenvalue weighted by atomic mass is 10.0. The van der Waals surface area contributed by atoms with Gasteiger partial charge in [0, 0.05) is 11.6 Å². The van der Waals surface area contributed by atoms with Gasteiger partial charge in [0.2, 0.25) is 0 Å². The number of phenols is 2. The third-order valence-electron chi connectivity index (χ3n) is 3.36. The van der Waals surface area contributed by atoms with Crippen molar-refractivity contribution in [2.24, 2.45) is 0 Å². The van der Waals surface area contributed by atoms with Crippen molar-refractivity contribution >= 4 is 23.6 Å². The van der Waals surface area contributed by atoms with Crippen LogP contribution in [0.2, 0.25) is 5.02 Å². The topological polar surface area (TPSA) is 87.0 Å². The molecule has 5 nitrogen and oxygen atoms in total. The first-order chi connectivity index (χ1) is 10.4. The third-order valence-corrected chi connectivity index (χ3v) is 3.75. The van der Waals surface area contributed by atoms with Gasteiger partial charge in [-0.25, -0.2) is 4.79 Å². The van der Waals surface area contributed by atoms with Gasteiger partial charge in [0.1, 0.15) is 29.3 Å². The van der Waals surface area contributed by atoms with E-state index in [1.165, 1.54) is 0 Å². The summed E-state index contributed by atoms with van der Waals surface area (Å²) in [5.41, 5.74) is 0.0538. The molecule has 0 radical (unpaired) electrons. The van der Waals surface area contributed by atoms with Crippen molar-refractivity contribution in [3.63, 3.8) is 0 Å². The van der Waals surface area contributed by atoms with E-state index in [-0.39, 0.29) is 21.9 Å². The van der Waals surface area contributed by atoms with Crippen molar-refractivity contribution < 1.29 is 24.9 Å². The van der Waals surface area contributed by atoms with Crippen LogP contribution in [0.3, 0.4) is 0 Å². The first-order valence-electron chi connectivity index (χ1n) is 6.88. The smallest absolute Gasteiger partial charge is 0.342 e. The van der Waals surface area contributed by atoms with Gasteiger partial charge in [-0.15, -0.1) is 0 Å². The van der Waals surface area contributed by atoms with Crippen LogP contribution in [0.25, 0.3) is 6.08 Å². The molecule has 2 rings (SSSR count). The Morgan fingerprint density at radius 3 is 2.64 bits per heavy atom. The van der Waals surface area contributed by atoms with Gasteiger partial charge in [0.15, 0.2) is 0 Å². The molecule has 0 spiro atoms. The highest BCUT2D eigenvalue weighted by Crippen LogP contribution is 2.37. The van der Waals surface area contributed by atoms with Gasteiger partial charge in [-0.3, -0.25) is 0 Å². The molecule has 0 saturated carbocycles. The van der Waals surface area contributed by atoms with E-state index < -0.39 is 23.9 Å². The molecule has 1 aliphatic rings. The number of aliphatic hydroxyl groups is 1. The van der Waals surface area contributed by atoms with Gasteiger partial charge in [-0.05, 0) is 19.8 Å². The monoisotopic (exact) mass is 324 g/mol. The van der Waals surface area contributed by atoms with E-state index in [2.05, 4.69) is 0 Å². The van der Waals surface area contributed by atoms with E-state index in [9.17, 15) is 20.1 Å². The Balaban J connectivity index is 2.54. The van der Waals surface area contributed by atoms with Crippen LogP contribution in [0, 0.1) is 0 Å². The number of halogens is 1. The van der Waals surface area contributed by atoms with Crippen LogP contribution in [0.4, 0.5) is 0 Å². The van der Waals surface area contributed by atoms with E-state index in [1.807, 2.05) is 0 Å². The van der Waals surface area contributed by atoms with Crippen LogP contribution >= 0.6 is 11.6 Å². The van der Waals surface area contributed by atoms with Gasteiger partial charge in [-0.2, -0.15) is 0 Å². The van der Waals surface area contributed by atoms with Crippen molar-refractivity contribution in [1.29, 1.82) is 0 Å². The maximum atomic E-state index is 12.3. The molecule has 3 N–H and O–H groups in total. The standard InChI is InChI=1S/C16H17ClO5/c1-9-11(18)7-5-3-2-4-6-10-14(16(21)22-9)12(19)8-13(20)15(10)17/h4-9,11,18-20H,2-3H2,1H3/t9-,11+/m1/s1. The highest BCUT2D eigenvalue weighted by molar-refractivity contribution is 6.34. The van der Waals surface area contributed by atoms with Gasteiger partial charge < -0.3 is 20.1 Å². The van der Waals surface area contributed by atoms with E-state index in [4.69, 9.17) is 16.3 Å². The maximum Gasteiger partial charge on any atom is 0.342 e. The summed E-state index contributed by atoms with van der Waals surface area (Å²) in [5, 5.41) is 29.5. The molecule has 1 aliphatic heterocycles. The average molecular weight is 325 g/mol. The van der Waals surface area contributed by atoms with Crippen LogP contribution in [0.1, 0.15) is 35.7 Å². The molecule has 1 aromatic rings. The molecule has 0 saturated heterocycles. The van der Waals surface area contributed by atoms with Crippen LogP contribution < -0.4 is 0 Å². The molecule has 1 aromatic carbocycles. The van der Waals surface area contributed by atoms with E-state index in [0.717, 1.165) is 6.07 Å². The molecule has 0 amide bonds. The number of benzene rings is 1. The number of aliphatic hydroxyl groups excluding tert-OH is 1. The number of carbonyl (C=O) groups is 1. The number of rotatable bonds is 0. The summed E-state index contributed by atoms with van der Waals surface area (Å²) in [6.07, 6.45) is 6.30. The van der Waals surface area contributed by atoms with Crippen molar-refractivity contribution in [1.82, 2.24) is 0 Å². The fourth-order valence-electron chi connectivity index (χ4n) is 2.10. The van der Waals surface area contributed by atoms with Gasteiger partial charge in [-0.1, -0.05) is 35.9 Å². The lowest BCUT2D eigenvalue weighted by Gasteiger charge is -2.19. The second-order valence-corrected chi connectivity index (χ2v) is 5.40. The quantitative estimate of drug-likeness (QED) is 0.504. The zero-order valence-electron chi connectivity index (χ0n) is 12.0. The fraction of sp³-hybridized carbons (Fsp3) is 0.312. The Morgan fingerprint density at radius 2 is 1.91 bits per heavy atom. The molecule has 0 bridgehead atoms. The molecule has 1 heterocycles. The SMILES string of the molecule is C[C@H]1OC(=O)c2c(O)cc(O)c(Cl)c2C=CCCC=C[C@@H]1O. The minimum absolute atomic E-state index is 0.0400. The average Bonchev–Trinajstić information content (AvgIpc) is 2.45. The number of cyclic esters (lactones) is 1. The lowest BCUT2D eigenvalue weighted by Crippen LogP contribution is -2.27. The normalized spacial score (nSPS) is 22.4. The predicted molar refractivity (Wildman–Crippen MR) is 83.1 cm³/mol. The second-order valence-electron chi connectivity index (χ2n) is 5.03. The number of phenolic OH excluding ortho intramolecular Hbond substituents is 2. The Bertz CT molecular complexity index is 636. The predicted octanol–water partition coefficient (Wildman–Crippen LogP) is 3.02. The highest BCUT2D eigenvalue weighted by Gasteiger charge is 2.25. The zero-order chi connectivity index (χ0) is 16.3. The molecular weight excluding hydrogens is 308 g/mol. The number of carbonyl (C=O) groups excluding carboxylic acids is 1. The van der Waals surface area contributed by atoms with Crippen LogP contribution in [0.5, 0.6) is 11.5 Å². The Morgan fingerprint density at radius 1 is 1.23 bits per heavy atom. The molecule has 118 valence electrons. The van der Waals surface area contributed by atoms with Crippen LogP contribution in [0.15, 0.2) is 24.3 Å². The zero-order valence-corrected chi connectivity index (χ0v) is 12.7. The van der Waals surface area contributed by atoms with Crippen LogP contribution in [-0.2, 0) is 4.74 Å². The summed E-state index contributed by atoms with van der Waals surface area (Å²) in [6.45, 7) is 1.55. The molecule has 0 aliphatic carbocycles. The summed E-state index contributed by atoms with van der Waals surface area (Å²) in [4.78, 5) is 12.3. The summed E-state index contributed by atoms with van der Waals surface area (Å²) >= 11 is 6.02. The summed E-state index contributed by atoms with van der Waals surface area (Å²) in [6, 6.07) is 0.989. The van der Waals surface area contributed by atoms with Crippen molar-refractivity contribution in [3.8, 4) is 11.5 Å². The molecule has 2 atom stereocenters. The van der Waals surface area contributed by atoms with Crippen molar-refractivity contribution in [2.75, 3.05) is 0 Å². The molecule has 0 fully saturated rings. The summed E-state index contributed by atoms with van der Waals surface area (Å²) < 4.78 is 5.16. The first kappa shape index (κ1) is 16.4. The van der Waals surface area contributed by atoms with E-state index >= 15 is 0 Å². The van der Waals surface area contributed by atoms with Crippen molar-refractivity contribution in [3.05, 3.63) is 40.4 Å². The van der Waals surface area contributed by atoms with Gasteiger partial charge in [0.25, 0.3) is 0 Å². The van der Waals surface area contributed by atoms with Gasteiger partial charge >= 0.3 is 5.97 Å². The number of fused-ring (bicyclic) bond motifs is 1. The van der Waals surface area contributed by atoms with E-state index in [1.54, 1.807) is 31.2 Å². The third kappa shape index (κ3) is 3.43. The van der Waals surface area contributed by atoms with E-state index in [0.29, 0.717) is 12.8 Å². The Kier molecular flexibility index (Phi) is 5.11. The number of esters is 1. The number of hydrogen-bond donors (Lipinski definition) is 3. The largest absolute Gasteiger partial charge is 0.507 e. The minimum Gasteiger partial charge on any atom is -0.507 e. The summed E-state index contributed by atoms with van der Waals surface area (Å²) in [5.74, 6) is -1.57. The number of allylic oxidation sites excluding steroid dienone is 2. The number of hydrogen-bond acceptors (Lipinski definition) is 5. The van der Waals surface area contributed by atoms with Crippen molar-refractivity contribution in [2.45, 2.75) is 32.0 Å². The molecule has 0 aromatic heterocycles. The fourth-order valence-corrected chi connectivity index (χ4v) is 2.32.